The second kappa shape index (κ2) is 6.06. The number of carbonyl (C=O) groups is 2. The minimum Gasteiger partial charge on any atom is -0.481 e. The average Bonchev–Trinajstić information content (AvgIpc) is 2.90. The van der Waals surface area contributed by atoms with Gasteiger partial charge in [0.05, 0.1) is 17.0 Å². The van der Waals surface area contributed by atoms with Crippen molar-refractivity contribution >= 4 is 11.9 Å². The number of carboxylic acids is 1. The van der Waals surface area contributed by atoms with Crippen LogP contribution >= 0.6 is 0 Å². The first-order valence-electron chi connectivity index (χ1n) is 7.05. The van der Waals surface area contributed by atoms with Crippen LogP contribution in [0.25, 0.3) is 0 Å². The minimum absolute atomic E-state index is 0.188. The molecule has 0 bridgehead atoms. The highest BCUT2D eigenvalue weighted by molar-refractivity contribution is 5.83. The SMILES string of the molecule is C[C@H](Oc1cccc(C#N)c1)C(=O)N1CC[C@@](C)(C(=O)O)C1. The molecule has 1 aliphatic rings. The standard InChI is InChI=1S/C16H18N2O4/c1-11(22-13-5-3-4-12(8-13)9-17)14(19)18-7-6-16(2,10-18)15(20)21/h3-5,8,11H,6-7,10H2,1-2H3,(H,20,21)/t11-,16+/m0/s1. The molecule has 0 saturated carbocycles. The Morgan fingerprint density at radius 2 is 2.23 bits per heavy atom. The number of likely N-dealkylation sites (tertiary alicyclic amines) is 1. The molecule has 0 aromatic heterocycles. The van der Waals surface area contributed by atoms with Crippen molar-refractivity contribution in [3.05, 3.63) is 29.8 Å². The van der Waals surface area contributed by atoms with E-state index in [0.29, 0.717) is 24.3 Å². The van der Waals surface area contributed by atoms with E-state index in [1.807, 2.05) is 6.07 Å². The zero-order chi connectivity index (χ0) is 16.3. The van der Waals surface area contributed by atoms with Gasteiger partial charge in [0.1, 0.15) is 5.75 Å². The summed E-state index contributed by atoms with van der Waals surface area (Å²) in [6.45, 7) is 3.86. The van der Waals surface area contributed by atoms with Crippen molar-refractivity contribution in [3.63, 3.8) is 0 Å². The van der Waals surface area contributed by atoms with Gasteiger partial charge in [0.25, 0.3) is 5.91 Å². The second-order valence-electron chi connectivity index (χ2n) is 5.78. The number of aliphatic carboxylic acids is 1. The Labute approximate surface area is 128 Å². The van der Waals surface area contributed by atoms with Gasteiger partial charge in [-0.3, -0.25) is 9.59 Å². The summed E-state index contributed by atoms with van der Waals surface area (Å²) in [6.07, 6.45) is -0.296. The van der Waals surface area contributed by atoms with Crippen LogP contribution in [0.3, 0.4) is 0 Å². The van der Waals surface area contributed by atoms with E-state index >= 15 is 0 Å². The van der Waals surface area contributed by atoms with Gasteiger partial charge < -0.3 is 14.7 Å². The van der Waals surface area contributed by atoms with E-state index in [4.69, 9.17) is 10.00 Å². The van der Waals surface area contributed by atoms with Gasteiger partial charge in [-0.05, 0) is 38.5 Å². The predicted molar refractivity (Wildman–Crippen MR) is 78.2 cm³/mol. The highest BCUT2D eigenvalue weighted by Gasteiger charge is 2.43. The van der Waals surface area contributed by atoms with Crippen molar-refractivity contribution < 1.29 is 19.4 Å². The van der Waals surface area contributed by atoms with E-state index in [1.165, 1.54) is 4.90 Å². The van der Waals surface area contributed by atoms with E-state index in [-0.39, 0.29) is 12.5 Å². The molecule has 2 rings (SSSR count). The topological polar surface area (TPSA) is 90.6 Å². The number of carboxylic acid groups (broad SMARTS) is 1. The Hall–Kier alpha value is -2.55. The van der Waals surface area contributed by atoms with Crippen molar-refractivity contribution in [1.82, 2.24) is 4.90 Å². The Morgan fingerprint density at radius 1 is 1.50 bits per heavy atom. The van der Waals surface area contributed by atoms with Crippen LogP contribution in [0.5, 0.6) is 5.75 Å². The Kier molecular flexibility index (Phi) is 4.36. The third-order valence-electron chi connectivity index (χ3n) is 3.93. The van der Waals surface area contributed by atoms with E-state index in [1.54, 1.807) is 38.1 Å². The Morgan fingerprint density at radius 3 is 2.82 bits per heavy atom. The van der Waals surface area contributed by atoms with Crippen LogP contribution in [0, 0.1) is 16.7 Å². The van der Waals surface area contributed by atoms with Crippen molar-refractivity contribution in [1.29, 1.82) is 5.26 Å². The van der Waals surface area contributed by atoms with E-state index in [0.717, 1.165) is 0 Å². The second-order valence-corrected chi connectivity index (χ2v) is 5.78. The molecular formula is C16H18N2O4. The molecule has 2 atom stereocenters. The van der Waals surface area contributed by atoms with Crippen LogP contribution in [0.2, 0.25) is 0 Å². The maximum absolute atomic E-state index is 12.4. The molecule has 1 aliphatic heterocycles. The van der Waals surface area contributed by atoms with E-state index in [9.17, 15) is 14.7 Å². The average molecular weight is 302 g/mol. The van der Waals surface area contributed by atoms with Gasteiger partial charge >= 0.3 is 5.97 Å². The first kappa shape index (κ1) is 15.8. The van der Waals surface area contributed by atoms with E-state index in [2.05, 4.69) is 0 Å². The maximum atomic E-state index is 12.4. The van der Waals surface area contributed by atoms with Crippen LogP contribution in [0.4, 0.5) is 0 Å². The molecule has 1 saturated heterocycles. The normalized spacial score (nSPS) is 22.0. The quantitative estimate of drug-likeness (QED) is 0.913. The minimum atomic E-state index is -0.893. The number of rotatable bonds is 4. The molecular weight excluding hydrogens is 284 g/mol. The van der Waals surface area contributed by atoms with Gasteiger partial charge in [-0.2, -0.15) is 5.26 Å². The fourth-order valence-corrected chi connectivity index (χ4v) is 2.47. The largest absolute Gasteiger partial charge is 0.481 e. The maximum Gasteiger partial charge on any atom is 0.311 e. The third-order valence-corrected chi connectivity index (χ3v) is 3.93. The van der Waals surface area contributed by atoms with E-state index < -0.39 is 17.5 Å². The van der Waals surface area contributed by atoms with Crippen molar-refractivity contribution in [2.75, 3.05) is 13.1 Å². The summed E-state index contributed by atoms with van der Waals surface area (Å²) >= 11 is 0. The molecule has 0 aliphatic carbocycles. The molecule has 116 valence electrons. The third kappa shape index (κ3) is 3.19. The highest BCUT2D eigenvalue weighted by atomic mass is 16.5. The molecule has 1 amide bonds. The summed E-state index contributed by atoms with van der Waals surface area (Å²) in [6, 6.07) is 8.58. The molecule has 1 aromatic rings. The first-order chi connectivity index (χ1) is 10.4. The summed E-state index contributed by atoms with van der Waals surface area (Å²) in [5.41, 5.74) is -0.437. The van der Waals surface area contributed by atoms with Crippen molar-refractivity contribution in [2.45, 2.75) is 26.4 Å². The summed E-state index contributed by atoms with van der Waals surface area (Å²) in [5, 5.41) is 18.1. The molecule has 0 unspecified atom stereocenters. The van der Waals surface area contributed by atoms with Crippen molar-refractivity contribution in [2.24, 2.45) is 5.41 Å². The van der Waals surface area contributed by atoms with Crippen LogP contribution in [0.1, 0.15) is 25.8 Å². The first-order valence-corrected chi connectivity index (χ1v) is 7.05. The number of benzene rings is 1. The number of nitriles is 1. The lowest BCUT2D eigenvalue weighted by Gasteiger charge is -2.23. The summed E-state index contributed by atoms with van der Waals surface area (Å²) in [7, 11) is 0. The number of nitrogens with zero attached hydrogens (tertiary/aromatic N) is 2. The zero-order valence-electron chi connectivity index (χ0n) is 12.6. The molecule has 0 radical (unpaired) electrons. The van der Waals surface area contributed by atoms with Gasteiger partial charge in [-0.1, -0.05) is 6.07 Å². The molecule has 6 heteroatoms. The molecule has 1 N–H and O–H groups in total. The molecule has 1 fully saturated rings. The molecule has 1 heterocycles. The summed E-state index contributed by atoms with van der Waals surface area (Å²) in [5.74, 6) is -0.689. The van der Waals surface area contributed by atoms with Crippen LogP contribution in [0.15, 0.2) is 24.3 Å². The predicted octanol–water partition coefficient (Wildman–Crippen LogP) is 1.65. The number of ether oxygens (including phenoxy) is 1. The molecule has 1 aromatic carbocycles. The van der Waals surface area contributed by atoms with Gasteiger partial charge in [0.15, 0.2) is 6.10 Å². The summed E-state index contributed by atoms with van der Waals surface area (Å²) in [4.78, 5) is 25.1. The molecule has 22 heavy (non-hydrogen) atoms. The smallest absolute Gasteiger partial charge is 0.311 e. The van der Waals surface area contributed by atoms with Crippen molar-refractivity contribution in [3.8, 4) is 11.8 Å². The number of carbonyl (C=O) groups excluding carboxylic acids is 1. The monoisotopic (exact) mass is 302 g/mol. The van der Waals surface area contributed by atoms with Crippen LogP contribution < -0.4 is 4.74 Å². The number of amides is 1. The molecule has 6 nitrogen and oxygen atoms in total. The summed E-state index contributed by atoms with van der Waals surface area (Å²) < 4.78 is 5.57. The van der Waals surface area contributed by atoms with Crippen LogP contribution in [-0.2, 0) is 9.59 Å². The lowest BCUT2D eigenvalue weighted by atomic mass is 9.90. The number of hydrogen-bond acceptors (Lipinski definition) is 4. The lowest BCUT2D eigenvalue weighted by molar-refractivity contribution is -0.147. The Balaban J connectivity index is 2.01. The Bertz CT molecular complexity index is 637. The zero-order valence-corrected chi connectivity index (χ0v) is 12.6. The van der Waals surface area contributed by atoms with Crippen LogP contribution in [-0.4, -0.2) is 41.1 Å². The fraction of sp³-hybridized carbons (Fsp3) is 0.438. The van der Waals surface area contributed by atoms with Gasteiger partial charge in [0, 0.05) is 13.1 Å². The molecule has 0 spiro atoms. The van der Waals surface area contributed by atoms with Gasteiger partial charge in [0.2, 0.25) is 0 Å². The van der Waals surface area contributed by atoms with Gasteiger partial charge in [-0.25, -0.2) is 0 Å². The number of hydrogen-bond donors (Lipinski definition) is 1. The fourth-order valence-electron chi connectivity index (χ4n) is 2.47. The highest BCUT2D eigenvalue weighted by Crippen LogP contribution is 2.30. The van der Waals surface area contributed by atoms with Gasteiger partial charge in [-0.15, -0.1) is 0 Å². The lowest BCUT2D eigenvalue weighted by Crippen LogP contribution is -2.41.